The first-order chi connectivity index (χ1) is 9.52. The fraction of sp³-hybridized carbons (Fsp3) is 0.286. The molecule has 1 heterocycles. The third-order valence-electron chi connectivity index (χ3n) is 2.91. The summed E-state index contributed by atoms with van der Waals surface area (Å²) in [5, 5.41) is 18.4. The Morgan fingerprint density at radius 1 is 1.25 bits per heavy atom. The van der Waals surface area contributed by atoms with E-state index in [9.17, 15) is 19.8 Å². The molecule has 2 rings (SSSR count). The third kappa shape index (κ3) is 2.96. The summed E-state index contributed by atoms with van der Waals surface area (Å²) in [6.07, 6.45) is 3.23. The number of aromatic hydroxyl groups is 2. The number of carbonyl (C=O) groups excluding carboxylic acids is 2. The van der Waals surface area contributed by atoms with Crippen molar-refractivity contribution in [3.05, 3.63) is 28.7 Å². The number of thioether (sulfide) groups is 1. The fourth-order valence-corrected chi connectivity index (χ4v) is 2.66. The van der Waals surface area contributed by atoms with Crippen LogP contribution in [-0.4, -0.2) is 32.8 Å². The van der Waals surface area contributed by atoms with Crippen molar-refractivity contribution in [3.8, 4) is 11.5 Å². The first-order valence-electron chi connectivity index (χ1n) is 6.30. The van der Waals surface area contributed by atoms with Gasteiger partial charge in [0.15, 0.2) is 11.5 Å². The summed E-state index contributed by atoms with van der Waals surface area (Å²) in [4.78, 5) is 25.4. The number of carbonyl (C=O) groups is 2. The Hall–Kier alpha value is -1.95. The van der Waals surface area contributed by atoms with Crippen LogP contribution in [0.15, 0.2) is 23.1 Å². The van der Waals surface area contributed by atoms with Crippen molar-refractivity contribution in [2.45, 2.75) is 19.8 Å². The Labute approximate surface area is 120 Å². The van der Waals surface area contributed by atoms with E-state index in [1.54, 1.807) is 6.07 Å². The SMILES string of the molecule is CCCCN1C(=O)SC(=Cc2ccc(O)c(O)c2)C1=O. The maximum atomic E-state index is 12.1. The van der Waals surface area contributed by atoms with Crippen LogP contribution in [0.3, 0.4) is 0 Å². The number of phenolic OH excluding ortho intramolecular Hbond substituents is 2. The van der Waals surface area contributed by atoms with Crippen molar-refractivity contribution in [1.29, 1.82) is 0 Å². The molecule has 0 atom stereocenters. The maximum absolute atomic E-state index is 12.1. The van der Waals surface area contributed by atoms with Crippen molar-refractivity contribution in [1.82, 2.24) is 4.90 Å². The quantitative estimate of drug-likeness (QED) is 0.659. The van der Waals surface area contributed by atoms with Gasteiger partial charge >= 0.3 is 0 Å². The number of unbranched alkanes of at least 4 members (excludes halogenated alkanes) is 1. The third-order valence-corrected chi connectivity index (χ3v) is 3.81. The minimum atomic E-state index is -0.305. The summed E-state index contributed by atoms with van der Waals surface area (Å²) in [6.45, 7) is 2.42. The highest BCUT2D eigenvalue weighted by Crippen LogP contribution is 2.33. The molecule has 6 heteroatoms. The number of rotatable bonds is 4. The lowest BCUT2D eigenvalue weighted by Gasteiger charge is -2.10. The number of phenols is 2. The Morgan fingerprint density at radius 3 is 2.65 bits per heavy atom. The van der Waals surface area contributed by atoms with Gasteiger partial charge in [0.2, 0.25) is 0 Å². The molecule has 1 aromatic rings. The van der Waals surface area contributed by atoms with Crippen molar-refractivity contribution < 1.29 is 19.8 Å². The monoisotopic (exact) mass is 293 g/mol. The zero-order valence-electron chi connectivity index (χ0n) is 11.0. The summed E-state index contributed by atoms with van der Waals surface area (Å²) < 4.78 is 0. The molecule has 1 aliphatic heterocycles. The second-order valence-corrected chi connectivity index (χ2v) is 5.43. The number of nitrogens with zero attached hydrogens (tertiary/aromatic N) is 1. The van der Waals surface area contributed by atoms with Crippen molar-refractivity contribution >= 4 is 29.0 Å². The Kier molecular flexibility index (Phi) is 4.34. The molecule has 106 valence electrons. The van der Waals surface area contributed by atoms with Crippen molar-refractivity contribution in [2.75, 3.05) is 6.54 Å². The van der Waals surface area contributed by atoms with Gasteiger partial charge in [-0.3, -0.25) is 14.5 Å². The van der Waals surface area contributed by atoms with Gasteiger partial charge < -0.3 is 10.2 Å². The summed E-state index contributed by atoms with van der Waals surface area (Å²) in [5.74, 6) is -0.789. The van der Waals surface area contributed by atoms with Gasteiger partial charge in [-0.2, -0.15) is 0 Å². The predicted octanol–water partition coefficient (Wildman–Crippen LogP) is 2.93. The summed E-state index contributed by atoms with van der Waals surface area (Å²) in [7, 11) is 0. The number of hydrogen-bond acceptors (Lipinski definition) is 5. The molecule has 5 nitrogen and oxygen atoms in total. The zero-order valence-corrected chi connectivity index (χ0v) is 11.8. The van der Waals surface area contributed by atoms with Crippen LogP contribution in [0.25, 0.3) is 6.08 Å². The average Bonchev–Trinajstić information content (AvgIpc) is 2.67. The Bertz CT molecular complexity index is 583. The lowest BCUT2D eigenvalue weighted by Crippen LogP contribution is -2.29. The normalized spacial score (nSPS) is 17.2. The molecule has 0 spiro atoms. The van der Waals surface area contributed by atoms with Gasteiger partial charge in [-0.1, -0.05) is 19.4 Å². The minimum absolute atomic E-state index is 0.224. The highest BCUT2D eigenvalue weighted by atomic mass is 32.2. The molecular weight excluding hydrogens is 278 g/mol. The lowest BCUT2D eigenvalue weighted by atomic mass is 10.2. The van der Waals surface area contributed by atoms with Gasteiger partial charge in [-0.25, -0.2) is 0 Å². The summed E-state index contributed by atoms with van der Waals surface area (Å²) >= 11 is 0.892. The largest absolute Gasteiger partial charge is 0.504 e. The molecule has 1 saturated heterocycles. The van der Waals surface area contributed by atoms with Gasteiger partial charge in [0.25, 0.3) is 11.1 Å². The highest BCUT2D eigenvalue weighted by Gasteiger charge is 2.34. The molecule has 0 saturated carbocycles. The van der Waals surface area contributed by atoms with Crippen LogP contribution in [0.2, 0.25) is 0 Å². The molecule has 1 aliphatic rings. The highest BCUT2D eigenvalue weighted by molar-refractivity contribution is 8.18. The molecular formula is C14H15NO4S. The zero-order chi connectivity index (χ0) is 14.7. The van der Waals surface area contributed by atoms with Gasteiger partial charge in [-0.15, -0.1) is 0 Å². The fourth-order valence-electron chi connectivity index (χ4n) is 1.79. The van der Waals surface area contributed by atoms with E-state index in [4.69, 9.17) is 0 Å². The molecule has 1 fully saturated rings. The summed E-state index contributed by atoms with van der Waals surface area (Å²) in [6, 6.07) is 4.24. The molecule has 0 bridgehead atoms. The van der Waals surface area contributed by atoms with E-state index in [0.29, 0.717) is 17.0 Å². The van der Waals surface area contributed by atoms with Gasteiger partial charge in [0.1, 0.15) is 0 Å². The maximum Gasteiger partial charge on any atom is 0.293 e. The molecule has 0 radical (unpaired) electrons. The molecule has 0 aromatic heterocycles. The van der Waals surface area contributed by atoms with E-state index >= 15 is 0 Å². The standard InChI is InChI=1S/C14H15NO4S/c1-2-3-6-15-13(18)12(20-14(15)19)8-9-4-5-10(16)11(17)7-9/h4-5,7-8,16-17H,2-3,6H2,1H3. The molecule has 2 amide bonds. The van der Waals surface area contributed by atoms with Crippen molar-refractivity contribution in [3.63, 3.8) is 0 Å². The van der Waals surface area contributed by atoms with Gasteiger partial charge in [-0.05, 0) is 42.0 Å². The number of hydrogen-bond donors (Lipinski definition) is 2. The molecule has 2 N–H and O–H groups in total. The van der Waals surface area contributed by atoms with Crippen LogP contribution in [0.1, 0.15) is 25.3 Å². The minimum Gasteiger partial charge on any atom is -0.504 e. The Morgan fingerprint density at radius 2 is 2.00 bits per heavy atom. The van der Waals surface area contributed by atoms with Crippen LogP contribution >= 0.6 is 11.8 Å². The molecule has 20 heavy (non-hydrogen) atoms. The molecule has 0 aliphatic carbocycles. The molecule has 1 aromatic carbocycles. The van der Waals surface area contributed by atoms with Crippen molar-refractivity contribution in [2.24, 2.45) is 0 Å². The smallest absolute Gasteiger partial charge is 0.293 e. The van der Waals surface area contributed by atoms with E-state index in [-0.39, 0.29) is 22.6 Å². The van der Waals surface area contributed by atoms with E-state index in [1.807, 2.05) is 6.92 Å². The first kappa shape index (κ1) is 14.5. The second-order valence-electron chi connectivity index (χ2n) is 4.44. The summed E-state index contributed by atoms with van der Waals surface area (Å²) in [5.41, 5.74) is 0.557. The number of benzene rings is 1. The van der Waals surface area contributed by atoms with E-state index in [0.717, 1.165) is 24.6 Å². The number of imide groups is 1. The van der Waals surface area contributed by atoms with Gasteiger partial charge in [0.05, 0.1) is 4.91 Å². The lowest BCUT2D eigenvalue weighted by molar-refractivity contribution is -0.122. The van der Waals surface area contributed by atoms with Crippen LogP contribution in [0.4, 0.5) is 4.79 Å². The van der Waals surface area contributed by atoms with Crippen LogP contribution in [0.5, 0.6) is 11.5 Å². The average molecular weight is 293 g/mol. The first-order valence-corrected chi connectivity index (χ1v) is 7.12. The predicted molar refractivity (Wildman–Crippen MR) is 77.4 cm³/mol. The van der Waals surface area contributed by atoms with E-state index < -0.39 is 0 Å². The Balaban J connectivity index is 2.20. The van der Waals surface area contributed by atoms with Gasteiger partial charge in [0, 0.05) is 6.54 Å². The van der Waals surface area contributed by atoms with Crippen LogP contribution in [0, 0.1) is 0 Å². The second kappa shape index (κ2) is 6.00. The van der Waals surface area contributed by atoms with E-state index in [1.165, 1.54) is 23.1 Å². The number of amides is 2. The van der Waals surface area contributed by atoms with Crippen LogP contribution < -0.4 is 0 Å². The molecule has 0 unspecified atom stereocenters. The van der Waals surface area contributed by atoms with E-state index in [2.05, 4.69) is 0 Å². The van der Waals surface area contributed by atoms with Crippen LogP contribution in [-0.2, 0) is 4.79 Å². The topological polar surface area (TPSA) is 77.8 Å².